The number of amides is 1. The summed E-state index contributed by atoms with van der Waals surface area (Å²) in [5, 5.41) is 0. The summed E-state index contributed by atoms with van der Waals surface area (Å²) in [4.78, 5) is 29.8. The zero-order valence-electron chi connectivity index (χ0n) is 26.3. The van der Waals surface area contributed by atoms with Gasteiger partial charge in [-0.1, -0.05) is 78.2 Å². The van der Waals surface area contributed by atoms with E-state index in [0.717, 1.165) is 103 Å². The molecular weight excluding hydrogens is 484 g/mol. The zero-order chi connectivity index (χ0) is 28.6. The smallest absolute Gasteiger partial charge is 0.222 e. The number of nitrogens with zero attached hydrogens (tertiary/aromatic N) is 2. The predicted octanol–water partition coefficient (Wildman–Crippen LogP) is 8.85. The first-order chi connectivity index (χ1) is 19.0. The molecule has 1 aliphatic rings. The third-order valence-electron chi connectivity index (χ3n) is 8.15. The van der Waals surface area contributed by atoms with Gasteiger partial charge in [0.25, 0.3) is 0 Å². The van der Waals surface area contributed by atoms with Crippen LogP contribution in [0.25, 0.3) is 0 Å². The van der Waals surface area contributed by atoms with E-state index >= 15 is 0 Å². The van der Waals surface area contributed by atoms with Crippen LogP contribution in [0.3, 0.4) is 0 Å². The molecule has 1 rings (SSSR count). The first-order valence-corrected chi connectivity index (χ1v) is 16.8. The lowest BCUT2D eigenvalue weighted by atomic mass is 9.98. The summed E-state index contributed by atoms with van der Waals surface area (Å²) in [6.07, 6.45) is 23.1. The van der Waals surface area contributed by atoms with Crippen LogP contribution in [0.4, 0.5) is 0 Å². The third kappa shape index (κ3) is 19.4. The van der Waals surface area contributed by atoms with Gasteiger partial charge in [0.1, 0.15) is 5.78 Å². The quantitative estimate of drug-likeness (QED) is 0.0760. The molecule has 228 valence electrons. The van der Waals surface area contributed by atoms with E-state index in [1.807, 2.05) is 0 Å². The van der Waals surface area contributed by atoms with Crippen molar-refractivity contribution in [2.24, 2.45) is 0 Å². The molecule has 39 heavy (non-hydrogen) atoms. The van der Waals surface area contributed by atoms with Gasteiger partial charge in [-0.25, -0.2) is 0 Å². The van der Waals surface area contributed by atoms with E-state index in [1.54, 1.807) is 6.92 Å². The van der Waals surface area contributed by atoms with Crippen LogP contribution in [0.2, 0.25) is 0 Å². The normalized spacial score (nSPS) is 14.4. The van der Waals surface area contributed by atoms with Crippen LogP contribution in [0.5, 0.6) is 0 Å². The lowest BCUT2D eigenvalue weighted by Crippen LogP contribution is -2.42. The lowest BCUT2D eigenvalue weighted by molar-refractivity contribution is -0.134. The maximum atomic E-state index is 13.6. The highest BCUT2D eigenvalue weighted by molar-refractivity contribution is 5.76. The first kappa shape index (κ1) is 35.7. The van der Waals surface area contributed by atoms with E-state index in [0.29, 0.717) is 24.8 Å². The number of hydrogen-bond donors (Lipinski definition) is 0. The molecule has 1 saturated heterocycles. The maximum absolute atomic E-state index is 13.6. The molecule has 0 aromatic heterocycles. The molecule has 0 spiro atoms. The van der Waals surface area contributed by atoms with E-state index in [-0.39, 0.29) is 5.78 Å². The van der Waals surface area contributed by atoms with E-state index in [9.17, 15) is 9.59 Å². The Hall–Kier alpha value is -1.36. The number of ketones is 1. The summed E-state index contributed by atoms with van der Waals surface area (Å²) in [7, 11) is 0. The van der Waals surface area contributed by atoms with Gasteiger partial charge in [-0.05, 0) is 84.3 Å². The van der Waals surface area contributed by atoms with Gasteiger partial charge in [-0.2, -0.15) is 0 Å². The number of carbonyl (C=O) groups excluding carboxylic acids is 2. The van der Waals surface area contributed by atoms with E-state index in [1.165, 1.54) is 58.0 Å². The molecule has 0 aliphatic carbocycles. The largest absolute Gasteiger partial charge is 0.499 e. The van der Waals surface area contributed by atoms with Gasteiger partial charge in [-0.15, -0.1) is 0 Å². The van der Waals surface area contributed by atoms with Gasteiger partial charge in [-0.3, -0.25) is 4.79 Å². The number of unbranched alkanes of at least 4 members (excludes halogenated alkanes) is 9. The second-order valence-electron chi connectivity index (χ2n) is 11.9. The Labute approximate surface area is 242 Å². The van der Waals surface area contributed by atoms with Crippen molar-refractivity contribution >= 4 is 11.7 Å². The van der Waals surface area contributed by atoms with Gasteiger partial charge in [0.2, 0.25) is 5.91 Å². The van der Waals surface area contributed by atoms with E-state index in [4.69, 9.17) is 4.74 Å². The molecule has 0 aromatic carbocycles. The fourth-order valence-electron chi connectivity index (χ4n) is 5.77. The molecule has 1 amide bonds. The van der Waals surface area contributed by atoms with Crippen LogP contribution >= 0.6 is 0 Å². The standard InChI is InChI=1S/C34H64N2O3/c1-5-7-8-9-10-17-25-34(38)36(29-20-28-35-26-18-19-27-35)33(23-15-11-13-21-31(3)37)24-16-12-14-22-32(4)39-30-6-2/h33H,4-30H2,1-3H3. The number of likely N-dealkylation sites (tertiary alicyclic amines) is 1. The van der Waals surface area contributed by atoms with Crippen molar-refractivity contribution < 1.29 is 14.3 Å². The number of allylic oxidation sites excluding steroid dienone is 1. The Morgan fingerprint density at radius 3 is 2.00 bits per heavy atom. The predicted molar refractivity (Wildman–Crippen MR) is 166 cm³/mol. The summed E-state index contributed by atoms with van der Waals surface area (Å²) < 4.78 is 5.66. The average Bonchev–Trinajstić information content (AvgIpc) is 3.44. The van der Waals surface area contributed by atoms with Crippen LogP contribution < -0.4 is 0 Å². The van der Waals surface area contributed by atoms with Crippen molar-refractivity contribution in [3.8, 4) is 0 Å². The molecular formula is C34H64N2O3. The highest BCUT2D eigenvalue weighted by Crippen LogP contribution is 2.22. The van der Waals surface area contributed by atoms with E-state index < -0.39 is 0 Å². The van der Waals surface area contributed by atoms with Gasteiger partial charge in [0, 0.05) is 31.8 Å². The van der Waals surface area contributed by atoms with Gasteiger partial charge in [0.15, 0.2) is 0 Å². The van der Waals surface area contributed by atoms with Crippen molar-refractivity contribution in [2.75, 3.05) is 32.8 Å². The minimum atomic E-state index is 0.286. The highest BCUT2D eigenvalue weighted by Gasteiger charge is 2.23. The topological polar surface area (TPSA) is 49.9 Å². The average molecular weight is 549 g/mol. The second-order valence-corrected chi connectivity index (χ2v) is 11.9. The Morgan fingerprint density at radius 2 is 1.36 bits per heavy atom. The van der Waals surface area contributed by atoms with Crippen molar-refractivity contribution in [3.05, 3.63) is 12.3 Å². The zero-order valence-corrected chi connectivity index (χ0v) is 26.3. The molecule has 0 aromatic rings. The summed E-state index contributed by atoms with van der Waals surface area (Å²) in [6.45, 7) is 15.3. The van der Waals surface area contributed by atoms with Crippen molar-refractivity contribution in [2.45, 2.75) is 162 Å². The van der Waals surface area contributed by atoms with Crippen molar-refractivity contribution in [1.29, 1.82) is 0 Å². The fraction of sp³-hybridized carbons (Fsp3) is 0.882. The van der Waals surface area contributed by atoms with Crippen LogP contribution in [0.1, 0.15) is 156 Å². The minimum absolute atomic E-state index is 0.286. The van der Waals surface area contributed by atoms with E-state index in [2.05, 4.69) is 30.2 Å². The SMILES string of the molecule is C=C(CCCCCC(CCCCCC(C)=O)N(CCCN1CCCC1)C(=O)CCCCCCCC)OCCC. The van der Waals surface area contributed by atoms with Crippen LogP contribution in [-0.4, -0.2) is 60.3 Å². The number of ether oxygens (including phenoxy) is 1. The Bertz CT molecular complexity index is 630. The molecule has 5 nitrogen and oxygen atoms in total. The summed E-state index contributed by atoms with van der Waals surface area (Å²) >= 11 is 0. The monoisotopic (exact) mass is 548 g/mol. The molecule has 0 N–H and O–H groups in total. The number of rotatable bonds is 27. The summed E-state index contributed by atoms with van der Waals surface area (Å²) in [5.41, 5.74) is 0. The van der Waals surface area contributed by atoms with Crippen LogP contribution in [0, 0.1) is 0 Å². The Balaban J connectivity index is 2.68. The molecule has 1 aliphatic heterocycles. The Morgan fingerprint density at radius 1 is 0.769 bits per heavy atom. The maximum Gasteiger partial charge on any atom is 0.222 e. The molecule has 0 bridgehead atoms. The second kappa shape index (κ2) is 24.4. The molecule has 1 unspecified atom stereocenters. The van der Waals surface area contributed by atoms with Gasteiger partial charge in [0.05, 0.1) is 12.4 Å². The third-order valence-corrected chi connectivity index (χ3v) is 8.15. The molecule has 1 fully saturated rings. The summed E-state index contributed by atoms with van der Waals surface area (Å²) in [6, 6.07) is 0.327. The number of Topliss-reactive ketones (excluding diaryl/α,β-unsaturated/α-hetero) is 1. The molecule has 1 atom stereocenters. The first-order valence-electron chi connectivity index (χ1n) is 16.8. The fourth-order valence-corrected chi connectivity index (χ4v) is 5.77. The van der Waals surface area contributed by atoms with Crippen LogP contribution in [-0.2, 0) is 14.3 Å². The lowest BCUT2D eigenvalue weighted by Gasteiger charge is -2.33. The van der Waals surface area contributed by atoms with Crippen LogP contribution in [0.15, 0.2) is 12.3 Å². The number of carbonyl (C=O) groups is 2. The van der Waals surface area contributed by atoms with Gasteiger partial charge < -0.3 is 19.3 Å². The number of hydrogen-bond acceptors (Lipinski definition) is 4. The minimum Gasteiger partial charge on any atom is -0.499 e. The molecule has 0 saturated carbocycles. The molecule has 0 radical (unpaired) electrons. The molecule has 1 heterocycles. The summed E-state index contributed by atoms with van der Waals surface area (Å²) in [5.74, 6) is 1.58. The molecule has 5 heteroatoms. The van der Waals surface area contributed by atoms with Crippen molar-refractivity contribution in [1.82, 2.24) is 9.80 Å². The van der Waals surface area contributed by atoms with Gasteiger partial charge >= 0.3 is 0 Å². The highest BCUT2D eigenvalue weighted by atomic mass is 16.5. The Kier molecular flexibility index (Phi) is 22.3. The van der Waals surface area contributed by atoms with Crippen molar-refractivity contribution in [3.63, 3.8) is 0 Å².